The van der Waals surface area contributed by atoms with Crippen molar-refractivity contribution >= 4 is 28.7 Å². The average molecular weight is 252 g/mol. The van der Waals surface area contributed by atoms with E-state index in [1.165, 1.54) is 12.1 Å². The van der Waals surface area contributed by atoms with E-state index in [1.807, 2.05) is 13.1 Å². The van der Waals surface area contributed by atoms with Crippen LogP contribution in [0.15, 0.2) is 36.7 Å². The Morgan fingerprint density at radius 1 is 1.12 bits per heavy atom. The molecule has 0 spiro atoms. The zero-order valence-electron chi connectivity index (χ0n) is 9.17. The second-order valence-corrected chi connectivity index (χ2v) is 3.87. The van der Waals surface area contributed by atoms with E-state index in [0.717, 1.165) is 11.4 Å². The van der Waals surface area contributed by atoms with E-state index in [0.29, 0.717) is 5.69 Å². The van der Waals surface area contributed by atoms with Gasteiger partial charge in [-0.3, -0.25) is 4.98 Å². The van der Waals surface area contributed by atoms with Gasteiger partial charge in [-0.25, -0.2) is 4.39 Å². The van der Waals surface area contributed by atoms with Crippen molar-refractivity contribution in [1.82, 2.24) is 4.98 Å². The van der Waals surface area contributed by atoms with E-state index in [2.05, 4.69) is 15.6 Å². The van der Waals surface area contributed by atoms with Crippen molar-refractivity contribution in [2.45, 2.75) is 0 Å². The minimum Gasteiger partial charge on any atom is -0.387 e. The van der Waals surface area contributed by atoms with Crippen molar-refractivity contribution in [3.05, 3.63) is 47.5 Å². The molecule has 0 atom stereocenters. The molecule has 2 rings (SSSR count). The van der Waals surface area contributed by atoms with Crippen molar-refractivity contribution in [2.24, 2.45) is 0 Å². The molecule has 1 aromatic carbocycles. The van der Waals surface area contributed by atoms with Gasteiger partial charge in [0.1, 0.15) is 5.82 Å². The monoisotopic (exact) mass is 251 g/mol. The lowest BCUT2D eigenvalue weighted by molar-refractivity contribution is 0.629. The lowest BCUT2D eigenvalue weighted by Gasteiger charge is -2.08. The third-order valence-corrected chi connectivity index (χ3v) is 2.54. The molecule has 0 aliphatic rings. The summed E-state index contributed by atoms with van der Waals surface area (Å²) in [6.07, 6.45) is 3.36. The Morgan fingerprint density at radius 3 is 2.59 bits per heavy atom. The summed E-state index contributed by atoms with van der Waals surface area (Å²) in [4.78, 5) is 4.05. The zero-order chi connectivity index (χ0) is 12.3. The number of pyridine rings is 1. The maximum absolute atomic E-state index is 13.2. The van der Waals surface area contributed by atoms with Crippen LogP contribution in [0.2, 0.25) is 5.02 Å². The van der Waals surface area contributed by atoms with Crippen molar-refractivity contribution in [3.63, 3.8) is 0 Å². The Kier molecular flexibility index (Phi) is 3.44. The largest absolute Gasteiger partial charge is 0.387 e. The first-order valence-electron chi connectivity index (χ1n) is 5.04. The second kappa shape index (κ2) is 5.01. The molecule has 0 saturated carbocycles. The summed E-state index contributed by atoms with van der Waals surface area (Å²) in [6.45, 7) is 0. The first kappa shape index (κ1) is 11.7. The number of anilines is 3. The fourth-order valence-electron chi connectivity index (χ4n) is 1.39. The lowest BCUT2D eigenvalue weighted by atomic mass is 10.3. The van der Waals surface area contributed by atoms with Crippen LogP contribution < -0.4 is 10.6 Å². The average Bonchev–Trinajstić information content (AvgIpc) is 2.34. The van der Waals surface area contributed by atoms with Crippen LogP contribution in [0.5, 0.6) is 0 Å². The highest BCUT2D eigenvalue weighted by atomic mass is 35.5. The van der Waals surface area contributed by atoms with Gasteiger partial charge in [0.15, 0.2) is 0 Å². The first-order valence-corrected chi connectivity index (χ1v) is 5.42. The Hall–Kier alpha value is -1.81. The third-order valence-electron chi connectivity index (χ3n) is 2.24. The quantitative estimate of drug-likeness (QED) is 0.874. The zero-order valence-corrected chi connectivity index (χ0v) is 9.92. The summed E-state index contributed by atoms with van der Waals surface area (Å²) < 4.78 is 13.2. The van der Waals surface area contributed by atoms with Crippen LogP contribution in [0.1, 0.15) is 0 Å². The number of nitrogens with one attached hydrogen (secondary N) is 2. The molecule has 0 radical (unpaired) electrons. The van der Waals surface area contributed by atoms with Gasteiger partial charge >= 0.3 is 0 Å². The molecule has 1 heterocycles. The third kappa shape index (κ3) is 2.85. The van der Waals surface area contributed by atoms with E-state index >= 15 is 0 Å². The van der Waals surface area contributed by atoms with Gasteiger partial charge in [0, 0.05) is 12.7 Å². The molecular formula is C12H11ClFN3. The maximum Gasteiger partial charge on any atom is 0.143 e. The van der Waals surface area contributed by atoms with Gasteiger partial charge in [-0.1, -0.05) is 11.6 Å². The van der Waals surface area contributed by atoms with Crippen molar-refractivity contribution in [1.29, 1.82) is 0 Å². The molecular weight excluding hydrogens is 241 g/mol. The molecule has 0 fully saturated rings. The molecule has 1 aromatic heterocycles. The Bertz CT molecular complexity index is 531. The Morgan fingerprint density at radius 2 is 1.88 bits per heavy atom. The molecule has 0 unspecified atom stereocenters. The fraction of sp³-hybridized carbons (Fsp3) is 0.0833. The SMILES string of the molecule is CNc1cncc(Nc2ccc(Cl)c(F)c2)c1. The summed E-state index contributed by atoms with van der Waals surface area (Å²) in [7, 11) is 1.81. The maximum atomic E-state index is 13.2. The summed E-state index contributed by atoms with van der Waals surface area (Å²) >= 11 is 5.61. The van der Waals surface area contributed by atoms with Gasteiger partial charge in [-0.2, -0.15) is 0 Å². The summed E-state index contributed by atoms with van der Waals surface area (Å²) in [5, 5.41) is 6.13. The number of aromatic nitrogens is 1. The Balaban J connectivity index is 2.22. The summed E-state index contributed by atoms with van der Waals surface area (Å²) in [5.74, 6) is -0.450. The van der Waals surface area contributed by atoms with Crippen molar-refractivity contribution < 1.29 is 4.39 Å². The van der Waals surface area contributed by atoms with Gasteiger partial charge in [0.25, 0.3) is 0 Å². The molecule has 5 heteroatoms. The first-order chi connectivity index (χ1) is 8.19. The van der Waals surface area contributed by atoms with Crippen LogP contribution in [-0.2, 0) is 0 Å². The number of benzene rings is 1. The fourth-order valence-corrected chi connectivity index (χ4v) is 1.50. The van der Waals surface area contributed by atoms with Crippen LogP contribution in [0.25, 0.3) is 0 Å². The smallest absolute Gasteiger partial charge is 0.143 e. The molecule has 2 N–H and O–H groups in total. The Labute approximate surface area is 104 Å². The van der Waals surface area contributed by atoms with Crippen molar-refractivity contribution in [2.75, 3.05) is 17.7 Å². The number of hydrogen-bond donors (Lipinski definition) is 2. The molecule has 0 saturated heterocycles. The van der Waals surface area contributed by atoms with Crippen molar-refractivity contribution in [3.8, 4) is 0 Å². The van der Waals surface area contributed by atoms with Gasteiger partial charge in [0.2, 0.25) is 0 Å². The summed E-state index contributed by atoms with van der Waals surface area (Å²) in [6, 6.07) is 6.43. The predicted molar refractivity (Wildman–Crippen MR) is 68.5 cm³/mol. The molecule has 0 bridgehead atoms. The number of halogens is 2. The van der Waals surface area contributed by atoms with Gasteiger partial charge in [0.05, 0.1) is 28.8 Å². The van der Waals surface area contributed by atoms with Crippen LogP contribution in [0.4, 0.5) is 21.5 Å². The standard InChI is InChI=1S/C12H11ClFN3/c1-15-9-4-10(7-16-6-9)17-8-2-3-11(13)12(14)5-8/h2-7,15,17H,1H3. The van der Waals surface area contributed by atoms with Gasteiger partial charge in [-0.15, -0.1) is 0 Å². The lowest BCUT2D eigenvalue weighted by Crippen LogP contribution is -1.94. The van der Waals surface area contributed by atoms with Gasteiger partial charge < -0.3 is 10.6 Å². The number of rotatable bonds is 3. The summed E-state index contributed by atoms with van der Waals surface area (Å²) in [5.41, 5.74) is 2.28. The van der Waals surface area contributed by atoms with E-state index < -0.39 is 5.82 Å². The molecule has 88 valence electrons. The molecule has 0 aliphatic carbocycles. The van der Waals surface area contributed by atoms with E-state index in [-0.39, 0.29) is 5.02 Å². The highest BCUT2D eigenvalue weighted by molar-refractivity contribution is 6.30. The van der Waals surface area contributed by atoms with E-state index in [1.54, 1.807) is 18.5 Å². The minimum atomic E-state index is -0.450. The van der Waals surface area contributed by atoms with E-state index in [9.17, 15) is 4.39 Å². The second-order valence-electron chi connectivity index (χ2n) is 3.47. The van der Waals surface area contributed by atoms with E-state index in [4.69, 9.17) is 11.6 Å². The highest BCUT2D eigenvalue weighted by Crippen LogP contribution is 2.22. The predicted octanol–water partition coefficient (Wildman–Crippen LogP) is 3.66. The highest BCUT2D eigenvalue weighted by Gasteiger charge is 2.02. The number of hydrogen-bond acceptors (Lipinski definition) is 3. The molecule has 2 aromatic rings. The molecule has 3 nitrogen and oxygen atoms in total. The van der Waals surface area contributed by atoms with Crippen LogP contribution >= 0.6 is 11.6 Å². The molecule has 0 amide bonds. The minimum absolute atomic E-state index is 0.109. The van der Waals surface area contributed by atoms with Crippen LogP contribution in [0, 0.1) is 5.82 Å². The van der Waals surface area contributed by atoms with Crippen LogP contribution in [-0.4, -0.2) is 12.0 Å². The van der Waals surface area contributed by atoms with Crippen LogP contribution in [0.3, 0.4) is 0 Å². The topological polar surface area (TPSA) is 37.0 Å². The normalized spacial score (nSPS) is 10.1. The number of nitrogens with zero attached hydrogens (tertiary/aromatic N) is 1. The van der Waals surface area contributed by atoms with Gasteiger partial charge in [-0.05, 0) is 24.3 Å². The molecule has 0 aliphatic heterocycles. The molecule has 17 heavy (non-hydrogen) atoms.